The van der Waals surface area contributed by atoms with Gasteiger partial charge in [-0.2, -0.15) is 5.26 Å². The lowest BCUT2D eigenvalue weighted by atomic mass is 9.75. The van der Waals surface area contributed by atoms with E-state index in [0.717, 1.165) is 12.8 Å². The molecule has 2 nitrogen and oxygen atoms in total. The molecule has 1 saturated carbocycles. The van der Waals surface area contributed by atoms with Crippen LogP contribution in [-0.4, -0.2) is 6.04 Å². The molecule has 0 aromatic heterocycles. The summed E-state index contributed by atoms with van der Waals surface area (Å²) >= 11 is 0. The van der Waals surface area contributed by atoms with Crippen molar-refractivity contribution >= 4 is 0 Å². The Labute approximate surface area is 114 Å². The smallest absolute Gasteiger partial charge is 0.129 e. The average molecular weight is 260 g/mol. The Bertz CT molecular complexity index is 478. The van der Waals surface area contributed by atoms with Crippen LogP contribution in [-0.2, 0) is 6.54 Å². The highest BCUT2D eigenvalue weighted by Crippen LogP contribution is 2.35. The van der Waals surface area contributed by atoms with Crippen LogP contribution >= 0.6 is 0 Å². The van der Waals surface area contributed by atoms with Gasteiger partial charge in [-0.1, -0.05) is 19.9 Å². The van der Waals surface area contributed by atoms with Gasteiger partial charge in [0, 0.05) is 18.2 Å². The van der Waals surface area contributed by atoms with E-state index in [2.05, 4.69) is 19.2 Å². The van der Waals surface area contributed by atoms with E-state index >= 15 is 0 Å². The van der Waals surface area contributed by atoms with Gasteiger partial charge in [0.05, 0.1) is 11.6 Å². The molecule has 0 spiro atoms. The van der Waals surface area contributed by atoms with Crippen LogP contribution in [0.1, 0.15) is 50.7 Å². The SMILES string of the molecule is CC1(C)CCC(NCc2ccc(C#N)cc2F)CC1. The maximum atomic E-state index is 13.7. The fourth-order valence-electron chi connectivity index (χ4n) is 2.62. The van der Waals surface area contributed by atoms with Crippen LogP contribution in [0, 0.1) is 22.6 Å². The van der Waals surface area contributed by atoms with E-state index in [0.29, 0.717) is 29.1 Å². The monoisotopic (exact) mass is 260 g/mol. The molecule has 19 heavy (non-hydrogen) atoms. The van der Waals surface area contributed by atoms with Gasteiger partial charge < -0.3 is 5.32 Å². The van der Waals surface area contributed by atoms with Gasteiger partial charge in [-0.3, -0.25) is 0 Å². The highest BCUT2D eigenvalue weighted by molar-refractivity contribution is 5.32. The van der Waals surface area contributed by atoms with Gasteiger partial charge >= 0.3 is 0 Å². The highest BCUT2D eigenvalue weighted by atomic mass is 19.1. The van der Waals surface area contributed by atoms with E-state index < -0.39 is 0 Å². The molecule has 1 fully saturated rings. The predicted octanol–water partition coefficient (Wildman–Crippen LogP) is 3.76. The standard InChI is InChI=1S/C16H21FN2/c1-16(2)7-5-14(6-8-16)19-11-13-4-3-12(10-18)9-15(13)17/h3-4,9,14,19H,5-8,11H2,1-2H3. The van der Waals surface area contributed by atoms with Gasteiger partial charge in [-0.05, 0) is 43.2 Å². The Morgan fingerprint density at radius 2 is 2.05 bits per heavy atom. The normalized spacial score (nSPS) is 19.1. The minimum atomic E-state index is -0.289. The van der Waals surface area contributed by atoms with Crippen LogP contribution in [0.2, 0.25) is 0 Å². The Kier molecular flexibility index (Phi) is 4.21. The molecule has 0 saturated heterocycles. The largest absolute Gasteiger partial charge is 0.310 e. The van der Waals surface area contributed by atoms with E-state index in [1.54, 1.807) is 12.1 Å². The van der Waals surface area contributed by atoms with Crippen molar-refractivity contribution in [2.45, 2.75) is 52.1 Å². The quantitative estimate of drug-likeness (QED) is 0.898. The van der Waals surface area contributed by atoms with Gasteiger partial charge in [-0.25, -0.2) is 4.39 Å². The van der Waals surface area contributed by atoms with Crippen molar-refractivity contribution in [2.75, 3.05) is 0 Å². The molecule has 0 bridgehead atoms. The van der Waals surface area contributed by atoms with Crippen LogP contribution in [0.5, 0.6) is 0 Å². The van der Waals surface area contributed by atoms with Crippen molar-refractivity contribution in [3.63, 3.8) is 0 Å². The predicted molar refractivity (Wildman–Crippen MR) is 74.0 cm³/mol. The van der Waals surface area contributed by atoms with Crippen LogP contribution in [0.15, 0.2) is 18.2 Å². The fraction of sp³-hybridized carbons (Fsp3) is 0.562. The van der Waals surface area contributed by atoms with Crippen LogP contribution < -0.4 is 5.32 Å². The number of benzene rings is 1. The van der Waals surface area contributed by atoms with Crippen molar-refractivity contribution in [3.8, 4) is 6.07 Å². The van der Waals surface area contributed by atoms with Gasteiger partial charge in [0.25, 0.3) is 0 Å². The summed E-state index contributed by atoms with van der Waals surface area (Å²) in [7, 11) is 0. The first-order chi connectivity index (χ1) is 9.00. The molecule has 1 aliphatic carbocycles. The molecule has 1 aromatic rings. The third kappa shape index (κ3) is 3.78. The number of nitriles is 1. The molecule has 0 unspecified atom stereocenters. The molecule has 0 aliphatic heterocycles. The van der Waals surface area contributed by atoms with E-state index in [1.807, 2.05) is 6.07 Å². The van der Waals surface area contributed by atoms with Crippen molar-refractivity contribution < 1.29 is 4.39 Å². The zero-order valence-electron chi connectivity index (χ0n) is 11.7. The number of rotatable bonds is 3. The summed E-state index contributed by atoms with van der Waals surface area (Å²) in [5.41, 5.74) is 1.47. The summed E-state index contributed by atoms with van der Waals surface area (Å²) in [5.74, 6) is -0.289. The number of nitrogens with zero attached hydrogens (tertiary/aromatic N) is 1. The Balaban J connectivity index is 1.88. The lowest BCUT2D eigenvalue weighted by Gasteiger charge is -2.34. The number of halogens is 1. The molecular weight excluding hydrogens is 239 g/mol. The first-order valence-corrected chi connectivity index (χ1v) is 6.92. The molecule has 0 amide bonds. The number of nitrogens with one attached hydrogen (secondary N) is 1. The first-order valence-electron chi connectivity index (χ1n) is 6.92. The molecule has 1 aromatic carbocycles. The molecule has 1 N–H and O–H groups in total. The lowest BCUT2D eigenvalue weighted by molar-refractivity contribution is 0.205. The minimum Gasteiger partial charge on any atom is -0.310 e. The zero-order chi connectivity index (χ0) is 13.9. The second-order valence-electron chi connectivity index (χ2n) is 6.24. The van der Waals surface area contributed by atoms with E-state index in [4.69, 9.17) is 5.26 Å². The summed E-state index contributed by atoms with van der Waals surface area (Å²) in [6.07, 6.45) is 4.76. The second kappa shape index (κ2) is 5.71. The van der Waals surface area contributed by atoms with Crippen LogP contribution in [0.25, 0.3) is 0 Å². The van der Waals surface area contributed by atoms with Gasteiger partial charge in [0.15, 0.2) is 0 Å². The molecular formula is C16H21FN2. The van der Waals surface area contributed by atoms with E-state index in [9.17, 15) is 4.39 Å². The maximum Gasteiger partial charge on any atom is 0.129 e. The van der Waals surface area contributed by atoms with Crippen molar-refractivity contribution in [1.82, 2.24) is 5.32 Å². The van der Waals surface area contributed by atoms with Gasteiger partial charge in [-0.15, -0.1) is 0 Å². The lowest BCUT2D eigenvalue weighted by Crippen LogP contribution is -2.35. The van der Waals surface area contributed by atoms with E-state index in [1.165, 1.54) is 18.9 Å². The van der Waals surface area contributed by atoms with Crippen molar-refractivity contribution in [3.05, 3.63) is 35.1 Å². The number of hydrogen-bond acceptors (Lipinski definition) is 2. The average Bonchev–Trinajstić information content (AvgIpc) is 2.38. The summed E-state index contributed by atoms with van der Waals surface area (Å²) in [4.78, 5) is 0. The van der Waals surface area contributed by atoms with Gasteiger partial charge in [0.2, 0.25) is 0 Å². The summed E-state index contributed by atoms with van der Waals surface area (Å²) in [6, 6.07) is 7.12. The zero-order valence-corrected chi connectivity index (χ0v) is 11.7. The molecule has 2 rings (SSSR count). The van der Waals surface area contributed by atoms with Crippen molar-refractivity contribution in [2.24, 2.45) is 5.41 Å². The summed E-state index contributed by atoms with van der Waals surface area (Å²) in [5, 5.41) is 12.1. The Morgan fingerprint density at radius 3 is 2.63 bits per heavy atom. The fourth-order valence-corrected chi connectivity index (χ4v) is 2.62. The van der Waals surface area contributed by atoms with Crippen LogP contribution in [0.4, 0.5) is 4.39 Å². The summed E-state index contributed by atoms with van der Waals surface area (Å²) < 4.78 is 13.7. The third-order valence-corrected chi connectivity index (χ3v) is 4.10. The molecule has 0 radical (unpaired) electrons. The number of hydrogen-bond donors (Lipinski definition) is 1. The summed E-state index contributed by atoms with van der Waals surface area (Å²) in [6.45, 7) is 5.16. The third-order valence-electron chi connectivity index (χ3n) is 4.10. The maximum absolute atomic E-state index is 13.7. The molecule has 1 aliphatic rings. The molecule has 0 atom stereocenters. The Morgan fingerprint density at radius 1 is 1.37 bits per heavy atom. The molecule has 102 valence electrons. The molecule has 3 heteroatoms. The highest BCUT2D eigenvalue weighted by Gasteiger charge is 2.26. The van der Waals surface area contributed by atoms with Crippen molar-refractivity contribution in [1.29, 1.82) is 5.26 Å². The first kappa shape index (κ1) is 14.0. The van der Waals surface area contributed by atoms with Gasteiger partial charge in [0.1, 0.15) is 5.82 Å². The molecule has 0 heterocycles. The Hall–Kier alpha value is -1.40. The van der Waals surface area contributed by atoms with Crippen LogP contribution in [0.3, 0.4) is 0 Å². The minimum absolute atomic E-state index is 0.289. The second-order valence-corrected chi connectivity index (χ2v) is 6.24. The topological polar surface area (TPSA) is 35.8 Å². The van der Waals surface area contributed by atoms with E-state index in [-0.39, 0.29) is 5.82 Å².